The first-order chi connectivity index (χ1) is 38.6. The van der Waals surface area contributed by atoms with Crippen LogP contribution in [-0.2, 0) is 0 Å². The van der Waals surface area contributed by atoms with Crippen molar-refractivity contribution in [3.63, 3.8) is 0 Å². The zero-order chi connectivity index (χ0) is 51.8. The minimum Gasteiger partial charge on any atom is -0.228 e. The molecule has 0 fully saturated rings. The second-order valence-corrected chi connectivity index (χ2v) is 19.4. The predicted molar refractivity (Wildman–Crippen MR) is 320 cm³/mol. The van der Waals surface area contributed by atoms with E-state index in [0.29, 0.717) is 17.5 Å². The fourth-order valence-corrected chi connectivity index (χ4v) is 10.6. The molecule has 0 bridgehead atoms. The number of aromatic nitrogens is 6. The van der Waals surface area contributed by atoms with Crippen LogP contribution in [0.4, 0.5) is 0 Å². The van der Waals surface area contributed by atoms with Crippen LogP contribution in [-0.4, -0.2) is 29.9 Å². The predicted octanol–water partition coefficient (Wildman–Crippen LogP) is 18.2. The monoisotopic (exact) mass is 994 g/mol. The lowest BCUT2D eigenvalue weighted by atomic mass is 9.90. The molecule has 11 aromatic carbocycles. The Hall–Kier alpha value is -10.6. The summed E-state index contributed by atoms with van der Waals surface area (Å²) in [6.07, 6.45) is 0. The third-order valence-electron chi connectivity index (χ3n) is 14.5. The van der Waals surface area contributed by atoms with Crippen LogP contribution >= 0.6 is 0 Å². The molecule has 6 heteroatoms. The van der Waals surface area contributed by atoms with E-state index in [2.05, 4.69) is 206 Å². The van der Waals surface area contributed by atoms with Gasteiger partial charge >= 0.3 is 0 Å². The van der Waals surface area contributed by atoms with E-state index in [4.69, 9.17) is 29.9 Å². The van der Waals surface area contributed by atoms with Crippen molar-refractivity contribution in [2.75, 3.05) is 0 Å². The topological polar surface area (TPSA) is 77.3 Å². The highest BCUT2D eigenvalue weighted by atomic mass is 14.9. The molecule has 0 atom stereocenters. The van der Waals surface area contributed by atoms with Gasteiger partial charge in [-0.15, -0.1) is 0 Å². The highest BCUT2D eigenvalue weighted by Gasteiger charge is 2.21. The Morgan fingerprint density at radius 3 is 1.00 bits per heavy atom. The minimum atomic E-state index is 0.600. The van der Waals surface area contributed by atoms with E-state index in [9.17, 15) is 0 Å². The van der Waals surface area contributed by atoms with Gasteiger partial charge in [0.25, 0.3) is 0 Å². The van der Waals surface area contributed by atoms with Crippen molar-refractivity contribution in [2.45, 2.75) is 0 Å². The van der Waals surface area contributed by atoms with E-state index < -0.39 is 0 Å². The molecule has 78 heavy (non-hydrogen) atoms. The third-order valence-corrected chi connectivity index (χ3v) is 14.5. The quantitative estimate of drug-likeness (QED) is 0.136. The molecule has 14 aromatic rings. The summed E-state index contributed by atoms with van der Waals surface area (Å²) in [5.74, 6) is 1.87. The molecule has 0 amide bonds. The Labute approximate surface area is 451 Å². The molecule has 0 aliphatic heterocycles. The standard InChI is InChI=1S/C72H46N6/c1-5-21-49(22-6-1)64-45-65(50-23-7-2-8-24-50)74-70(73-64)54-37-35-53(36-38-54)68-63-44-57(60-33-17-29-47-19-13-15-31-58(47)60)43-62(61-34-18-30-48-20-14-16-32-59(48)61)69(63)78-72(77-68)56-41-39-55(40-42-56)71-75-66(51-25-9-3-10-26-51)46-67(76-71)52-27-11-4-12-28-52/h1-46H. The van der Waals surface area contributed by atoms with Crippen LogP contribution in [0.3, 0.4) is 0 Å². The highest BCUT2D eigenvalue weighted by molar-refractivity contribution is 6.10. The molecule has 0 aliphatic carbocycles. The van der Waals surface area contributed by atoms with Gasteiger partial charge in [0, 0.05) is 55.5 Å². The van der Waals surface area contributed by atoms with Crippen molar-refractivity contribution in [1.29, 1.82) is 0 Å². The van der Waals surface area contributed by atoms with Gasteiger partial charge < -0.3 is 0 Å². The van der Waals surface area contributed by atoms with Crippen LogP contribution in [0, 0.1) is 0 Å². The number of hydrogen-bond donors (Lipinski definition) is 0. The van der Waals surface area contributed by atoms with Crippen LogP contribution in [0.15, 0.2) is 279 Å². The smallest absolute Gasteiger partial charge is 0.160 e. The normalized spacial score (nSPS) is 11.3. The van der Waals surface area contributed by atoms with Crippen LogP contribution in [0.2, 0.25) is 0 Å². The summed E-state index contributed by atoms with van der Waals surface area (Å²) >= 11 is 0. The van der Waals surface area contributed by atoms with Gasteiger partial charge in [-0.2, -0.15) is 0 Å². The lowest BCUT2D eigenvalue weighted by Gasteiger charge is -2.17. The number of fused-ring (bicyclic) bond motifs is 3. The molecule has 3 aromatic heterocycles. The van der Waals surface area contributed by atoms with E-state index in [1.165, 1.54) is 10.8 Å². The first-order valence-electron chi connectivity index (χ1n) is 26.2. The molecule has 14 rings (SSSR count). The maximum Gasteiger partial charge on any atom is 0.160 e. The third kappa shape index (κ3) is 8.83. The fourth-order valence-electron chi connectivity index (χ4n) is 10.6. The summed E-state index contributed by atoms with van der Waals surface area (Å²) < 4.78 is 0. The summed E-state index contributed by atoms with van der Waals surface area (Å²) in [5.41, 5.74) is 17.1. The number of hydrogen-bond acceptors (Lipinski definition) is 6. The Balaban J connectivity index is 0.967. The molecule has 0 saturated carbocycles. The Bertz CT molecular complexity index is 4380. The molecule has 0 N–H and O–H groups in total. The fraction of sp³-hybridized carbons (Fsp3) is 0. The van der Waals surface area contributed by atoms with Crippen molar-refractivity contribution in [3.8, 4) is 113 Å². The van der Waals surface area contributed by atoms with Crippen LogP contribution in [0.5, 0.6) is 0 Å². The summed E-state index contributed by atoms with van der Waals surface area (Å²) in [7, 11) is 0. The number of benzene rings is 11. The van der Waals surface area contributed by atoms with Crippen molar-refractivity contribution in [1.82, 2.24) is 29.9 Å². The molecule has 3 heterocycles. The molecule has 6 nitrogen and oxygen atoms in total. The van der Waals surface area contributed by atoms with Crippen molar-refractivity contribution in [2.24, 2.45) is 0 Å². The molecule has 0 spiro atoms. The molecular weight excluding hydrogens is 949 g/mol. The molecule has 0 saturated heterocycles. The van der Waals surface area contributed by atoms with E-state index in [-0.39, 0.29) is 0 Å². The highest BCUT2D eigenvalue weighted by Crippen LogP contribution is 2.43. The first kappa shape index (κ1) is 46.0. The summed E-state index contributed by atoms with van der Waals surface area (Å²) in [4.78, 5) is 31.8. The minimum absolute atomic E-state index is 0.600. The van der Waals surface area contributed by atoms with Gasteiger partial charge in [0.05, 0.1) is 34.0 Å². The first-order valence-corrected chi connectivity index (χ1v) is 26.2. The van der Waals surface area contributed by atoms with E-state index in [1.807, 2.05) is 72.8 Å². The molecule has 0 radical (unpaired) electrons. The second-order valence-electron chi connectivity index (χ2n) is 19.4. The van der Waals surface area contributed by atoms with Crippen LogP contribution < -0.4 is 0 Å². The van der Waals surface area contributed by atoms with Crippen LogP contribution in [0.25, 0.3) is 145 Å². The summed E-state index contributed by atoms with van der Waals surface area (Å²) in [6, 6.07) is 97.0. The number of rotatable bonds is 10. The van der Waals surface area contributed by atoms with Gasteiger partial charge in [0.15, 0.2) is 17.5 Å². The largest absolute Gasteiger partial charge is 0.228 e. The van der Waals surface area contributed by atoms with Crippen molar-refractivity contribution >= 4 is 32.4 Å². The summed E-state index contributed by atoms with van der Waals surface area (Å²) in [6.45, 7) is 0. The van der Waals surface area contributed by atoms with Gasteiger partial charge in [0.2, 0.25) is 0 Å². The lowest BCUT2D eigenvalue weighted by molar-refractivity contribution is 1.18. The van der Waals surface area contributed by atoms with E-state index >= 15 is 0 Å². The molecule has 0 unspecified atom stereocenters. The van der Waals surface area contributed by atoms with Gasteiger partial charge in [-0.1, -0.05) is 255 Å². The van der Waals surface area contributed by atoms with Crippen molar-refractivity contribution in [3.05, 3.63) is 279 Å². The molecule has 364 valence electrons. The Morgan fingerprint density at radius 2 is 0.551 bits per heavy atom. The molecule has 0 aliphatic rings. The van der Waals surface area contributed by atoms with Crippen LogP contribution in [0.1, 0.15) is 0 Å². The zero-order valence-corrected chi connectivity index (χ0v) is 42.2. The van der Waals surface area contributed by atoms with Gasteiger partial charge in [-0.3, -0.25) is 0 Å². The Morgan fingerprint density at radius 1 is 0.192 bits per heavy atom. The van der Waals surface area contributed by atoms with E-state index in [0.717, 1.165) is 117 Å². The van der Waals surface area contributed by atoms with Gasteiger partial charge in [-0.25, -0.2) is 29.9 Å². The van der Waals surface area contributed by atoms with E-state index in [1.54, 1.807) is 0 Å². The molecular formula is C72H46N6. The average molecular weight is 995 g/mol. The Kier molecular flexibility index (Phi) is 11.8. The average Bonchev–Trinajstić information content (AvgIpc) is 3.59. The summed E-state index contributed by atoms with van der Waals surface area (Å²) in [5, 5.41) is 5.59. The lowest BCUT2D eigenvalue weighted by Crippen LogP contribution is -1.99. The van der Waals surface area contributed by atoms with Crippen molar-refractivity contribution < 1.29 is 0 Å². The van der Waals surface area contributed by atoms with Gasteiger partial charge in [-0.05, 0) is 62.5 Å². The second kappa shape index (κ2) is 19.9. The maximum absolute atomic E-state index is 5.60. The SMILES string of the molecule is c1ccc(-c2cc(-c3ccccc3)nc(-c3ccc(-c4nc(-c5ccc(-c6nc(-c7ccccc7)cc(-c7ccccc7)n6)cc5)c5cc(-c6cccc7ccccc67)cc(-c6cccc7ccccc67)c5n4)cc3)n2)cc1. The maximum atomic E-state index is 5.60. The zero-order valence-electron chi connectivity index (χ0n) is 42.2. The number of nitrogens with zero attached hydrogens (tertiary/aromatic N) is 6. The van der Waals surface area contributed by atoms with Gasteiger partial charge in [0.1, 0.15) is 0 Å².